The molecule has 1 heterocycles. The van der Waals surface area contributed by atoms with Gasteiger partial charge >= 0.3 is 5.97 Å². The third kappa shape index (κ3) is 1.56. The van der Waals surface area contributed by atoms with Crippen LogP contribution in [0.4, 0.5) is 0 Å². The number of esters is 1. The van der Waals surface area contributed by atoms with E-state index in [1.165, 1.54) is 0 Å². The van der Waals surface area contributed by atoms with Crippen molar-refractivity contribution in [2.24, 2.45) is 17.8 Å². The second-order valence-electron chi connectivity index (χ2n) is 6.72. The normalized spacial score (nSPS) is 53.1. The van der Waals surface area contributed by atoms with Gasteiger partial charge in [0.25, 0.3) is 0 Å². The van der Waals surface area contributed by atoms with Crippen molar-refractivity contribution in [2.45, 2.75) is 57.3 Å². The van der Waals surface area contributed by atoms with Gasteiger partial charge in [0.05, 0.1) is 11.5 Å². The Morgan fingerprint density at radius 1 is 1.42 bits per heavy atom. The molecule has 0 radical (unpaired) electrons. The van der Waals surface area contributed by atoms with Crippen molar-refractivity contribution in [3.8, 4) is 0 Å². The Hall–Kier alpha value is -0.870. The zero-order valence-corrected chi connectivity index (χ0v) is 11.7. The lowest BCUT2D eigenvalue weighted by Gasteiger charge is -2.43. The van der Waals surface area contributed by atoms with Crippen molar-refractivity contribution in [2.75, 3.05) is 0 Å². The van der Waals surface area contributed by atoms with Crippen molar-refractivity contribution in [1.29, 1.82) is 0 Å². The van der Waals surface area contributed by atoms with Gasteiger partial charge in [-0.25, -0.2) is 0 Å². The molecular formula is C15H22O4. The molecule has 1 saturated carbocycles. The van der Waals surface area contributed by atoms with Crippen LogP contribution >= 0.6 is 0 Å². The summed E-state index contributed by atoms with van der Waals surface area (Å²) in [6.07, 6.45) is 3.34. The van der Waals surface area contributed by atoms with Crippen LogP contribution in [0.5, 0.6) is 0 Å². The van der Waals surface area contributed by atoms with E-state index in [0.29, 0.717) is 12.8 Å². The van der Waals surface area contributed by atoms with Crippen LogP contribution in [0, 0.1) is 17.8 Å². The lowest BCUT2D eigenvalue weighted by molar-refractivity contribution is -0.176. The average molecular weight is 266 g/mol. The second-order valence-corrected chi connectivity index (χ2v) is 6.72. The monoisotopic (exact) mass is 266 g/mol. The molecule has 2 fully saturated rings. The highest BCUT2D eigenvalue weighted by Gasteiger charge is 2.62. The van der Waals surface area contributed by atoms with Crippen LogP contribution in [0.2, 0.25) is 0 Å². The van der Waals surface area contributed by atoms with Crippen molar-refractivity contribution in [1.82, 2.24) is 0 Å². The van der Waals surface area contributed by atoms with Crippen molar-refractivity contribution < 1.29 is 19.7 Å². The second kappa shape index (κ2) is 3.83. The summed E-state index contributed by atoms with van der Waals surface area (Å²) in [6, 6.07) is 0. The Morgan fingerprint density at radius 3 is 2.79 bits per heavy atom. The molecular weight excluding hydrogens is 244 g/mol. The van der Waals surface area contributed by atoms with E-state index in [-0.39, 0.29) is 29.8 Å². The average Bonchev–Trinajstić information content (AvgIpc) is 2.75. The number of carbonyl (C=O) groups is 1. The highest BCUT2D eigenvalue weighted by Crippen LogP contribution is 2.54. The summed E-state index contributed by atoms with van der Waals surface area (Å²) in [6.45, 7) is 5.55. The van der Waals surface area contributed by atoms with Gasteiger partial charge in [-0.1, -0.05) is 18.6 Å². The first-order valence-corrected chi connectivity index (χ1v) is 7.10. The van der Waals surface area contributed by atoms with Crippen LogP contribution in [0.15, 0.2) is 11.6 Å². The number of carbonyl (C=O) groups excluding carboxylic acids is 1. The summed E-state index contributed by atoms with van der Waals surface area (Å²) in [5.74, 6) is -0.488. The molecule has 2 N–H and O–H groups in total. The van der Waals surface area contributed by atoms with Gasteiger partial charge in [-0.05, 0) is 33.1 Å². The summed E-state index contributed by atoms with van der Waals surface area (Å²) < 4.78 is 5.55. The van der Waals surface area contributed by atoms with Gasteiger partial charge in [-0.2, -0.15) is 0 Å². The molecule has 0 aromatic heterocycles. The molecule has 19 heavy (non-hydrogen) atoms. The quantitative estimate of drug-likeness (QED) is 0.514. The molecule has 0 aromatic carbocycles. The fourth-order valence-corrected chi connectivity index (χ4v) is 4.21. The molecule has 1 saturated heterocycles. The van der Waals surface area contributed by atoms with Crippen LogP contribution in [0.3, 0.4) is 0 Å². The molecule has 4 heteroatoms. The standard InChI is InChI=1S/C15H22O4/c1-8-4-7-15(18)11(8)12-10(5-6-14(15,3)17)9(2)13(16)19-12/h4,9-12,17-18H,5-7H2,1-3H3/t9-,10-,11-,12+,14+,15-/m0/s1. The van der Waals surface area contributed by atoms with Crippen molar-refractivity contribution in [3.05, 3.63) is 11.6 Å². The molecule has 6 atom stereocenters. The predicted octanol–water partition coefficient (Wildman–Crippen LogP) is 1.41. The van der Waals surface area contributed by atoms with Crippen molar-refractivity contribution in [3.63, 3.8) is 0 Å². The van der Waals surface area contributed by atoms with E-state index in [1.807, 2.05) is 19.9 Å². The molecule has 1 aliphatic heterocycles. The molecule has 3 aliphatic rings. The maximum Gasteiger partial charge on any atom is 0.309 e. The van der Waals surface area contributed by atoms with Gasteiger partial charge in [0, 0.05) is 11.8 Å². The smallest absolute Gasteiger partial charge is 0.309 e. The summed E-state index contributed by atoms with van der Waals surface area (Å²) >= 11 is 0. The lowest BCUT2D eigenvalue weighted by Crippen LogP contribution is -2.56. The Kier molecular flexibility index (Phi) is 2.64. The predicted molar refractivity (Wildman–Crippen MR) is 69.2 cm³/mol. The van der Waals surface area contributed by atoms with E-state index < -0.39 is 11.2 Å². The van der Waals surface area contributed by atoms with E-state index in [2.05, 4.69) is 0 Å². The molecule has 0 aromatic rings. The fourth-order valence-electron chi connectivity index (χ4n) is 4.21. The van der Waals surface area contributed by atoms with Gasteiger partial charge in [0.1, 0.15) is 11.7 Å². The fraction of sp³-hybridized carbons (Fsp3) is 0.800. The maximum atomic E-state index is 11.8. The Labute approximate surface area is 113 Å². The molecule has 0 unspecified atom stereocenters. The van der Waals surface area contributed by atoms with E-state index in [9.17, 15) is 15.0 Å². The molecule has 3 rings (SSSR count). The molecule has 4 nitrogen and oxygen atoms in total. The number of ether oxygens (including phenoxy) is 1. The summed E-state index contributed by atoms with van der Waals surface area (Å²) in [5, 5.41) is 21.7. The minimum Gasteiger partial charge on any atom is -0.461 e. The molecule has 0 amide bonds. The van der Waals surface area contributed by atoms with Crippen LogP contribution < -0.4 is 0 Å². The Morgan fingerprint density at radius 2 is 2.11 bits per heavy atom. The van der Waals surface area contributed by atoms with Gasteiger partial charge in [-0.3, -0.25) is 4.79 Å². The molecule has 0 bridgehead atoms. The molecule has 2 aliphatic carbocycles. The Balaban J connectivity index is 2.06. The van der Waals surface area contributed by atoms with E-state index >= 15 is 0 Å². The third-order valence-corrected chi connectivity index (χ3v) is 5.65. The zero-order valence-electron chi connectivity index (χ0n) is 11.7. The van der Waals surface area contributed by atoms with Gasteiger partial charge in [-0.15, -0.1) is 0 Å². The lowest BCUT2D eigenvalue weighted by atomic mass is 9.72. The van der Waals surface area contributed by atoms with Crippen LogP contribution in [0.1, 0.15) is 40.0 Å². The van der Waals surface area contributed by atoms with Crippen LogP contribution in [-0.4, -0.2) is 33.5 Å². The SMILES string of the molecule is CC1=CC[C@]2(O)[C@@H]1[C@@H]1OC(=O)[C@@H](C)[C@@H]1CC[C@@]2(C)O. The number of rotatable bonds is 0. The summed E-state index contributed by atoms with van der Waals surface area (Å²) in [5.41, 5.74) is -1.31. The zero-order chi connectivity index (χ0) is 14.0. The Bertz CT molecular complexity index is 453. The first kappa shape index (κ1) is 13.1. The van der Waals surface area contributed by atoms with Gasteiger partial charge in [0.15, 0.2) is 0 Å². The van der Waals surface area contributed by atoms with E-state index in [4.69, 9.17) is 4.74 Å². The molecule has 106 valence electrons. The third-order valence-electron chi connectivity index (χ3n) is 5.65. The van der Waals surface area contributed by atoms with Crippen LogP contribution in [-0.2, 0) is 9.53 Å². The number of hydrogen-bond donors (Lipinski definition) is 2. The largest absolute Gasteiger partial charge is 0.461 e. The number of aliphatic hydroxyl groups is 2. The molecule has 0 spiro atoms. The maximum absolute atomic E-state index is 11.8. The number of hydrogen-bond acceptors (Lipinski definition) is 4. The topological polar surface area (TPSA) is 66.8 Å². The minimum absolute atomic E-state index is 0.0967. The number of fused-ring (bicyclic) bond motifs is 3. The van der Waals surface area contributed by atoms with Crippen LogP contribution in [0.25, 0.3) is 0 Å². The minimum atomic E-state index is -1.21. The summed E-state index contributed by atoms with van der Waals surface area (Å²) in [4.78, 5) is 11.8. The van der Waals surface area contributed by atoms with E-state index in [1.54, 1.807) is 6.92 Å². The van der Waals surface area contributed by atoms with Gasteiger partial charge in [0.2, 0.25) is 0 Å². The highest BCUT2D eigenvalue weighted by molar-refractivity contribution is 5.75. The van der Waals surface area contributed by atoms with E-state index in [0.717, 1.165) is 12.0 Å². The van der Waals surface area contributed by atoms with Crippen molar-refractivity contribution >= 4 is 5.97 Å². The first-order chi connectivity index (χ1) is 8.78. The van der Waals surface area contributed by atoms with Gasteiger partial charge < -0.3 is 14.9 Å². The summed E-state index contributed by atoms with van der Waals surface area (Å²) in [7, 11) is 0. The highest BCUT2D eigenvalue weighted by atomic mass is 16.6. The first-order valence-electron chi connectivity index (χ1n) is 7.10.